The van der Waals surface area contributed by atoms with Crippen LogP contribution in [0.2, 0.25) is 0 Å². The number of aromatic nitrogens is 3. The molecule has 2 atom stereocenters. The zero-order chi connectivity index (χ0) is 18.0. The summed E-state index contributed by atoms with van der Waals surface area (Å²) in [7, 11) is 0. The summed E-state index contributed by atoms with van der Waals surface area (Å²) in [6.45, 7) is 8.95. The van der Waals surface area contributed by atoms with Crippen molar-refractivity contribution in [1.29, 1.82) is 0 Å². The molecule has 0 amide bonds. The van der Waals surface area contributed by atoms with E-state index in [0.29, 0.717) is 12.4 Å². The van der Waals surface area contributed by atoms with E-state index in [1.54, 1.807) is 6.20 Å². The van der Waals surface area contributed by atoms with Gasteiger partial charge in [0.05, 0.1) is 22.6 Å². The van der Waals surface area contributed by atoms with Crippen LogP contribution >= 0.6 is 0 Å². The molecule has 6 heteroatoms. The number of carbonyl (C=O) groups excluding carboxylic acids is 1. The molecule has 0 radical (unpaired) electrons. The van der Waals surface area contributed by atoms with E-state index >= 15 is 0 Å². The van der Waals surface area contributed by atoms with Crippen molar-refractivity contribution in [3.8, 4) is 0 Å². The molecule has 134 valence electrons. The highest BCUT2D eigenvalue weighted by molar-refractivity contribution is 5.59. The molecule has 0 bridgehead atoms. The fourth-order valence-corrected chi connectivity index (χ4v) is 3.36. The average molecular weight is 342 g/mol. The van der Waals surface area contributed by atoms with E-state index in [-0.39, 0.29) is 11.6 Å². The topological polar surface area (TPSA) is 69.0 Å². The number of aryl methyl sites for hydroxylation is 1. The molecule has 2 aromatic heterocycles. The molecule has 0 saturated heterocycles. The van der Waals surface area contributed by atoms with Gasteiger partial charge in [-0.2, -0.15) is 5.10 Å². The van der Waals surface area contributed by atoms with Gasteiger partial charge in [0.15, 0.2) is 0 Å². The van der Waals surface area contributed by atoms with Crippen LogP contribution in [0.3, 0.4) is 0 Å². The molecule has 2 heterocycles. The van der Waals surface area contributed by atoms with E-state index in [1.165, 1.54) is 0 Å². The van der Waals surface area contributed by atoms with Gasteiger partial charge < -0.3 is 10.1 Å². The third kappa shape index (κ3) is 3.83. The molecular formula is C19H26N4O2. The van der Waals surface area contributed by atoms with Gasteiger partial charge in [0.2, 0.25) is 0 Å². The van der Waals surface area contributed by atoms with Crippen LogP contribution in [0.25, 0.3) is 0 Å². The Kier molecular flexibility index (Phi) is 4.79. The molecule has 1 fully saturated rings. The van der Waals surface area contributed by atoms with Crippen molar-refractivity contribution in [2.45, 2.75) is 64.5 Å². The van der Waals surface area contributed by atoms with Crippen molar-refractivity contribution in [3.05, 3.63) is 35.8 Å². The van der Waals surface area contributed by atoms with E-state index in [2.05, 4.69) is 37.1 Å². The van der Waals surface area contributed by atoms with Gasteiger partial charge in [-0.1, -0.05) is 0 Å². The monoisotopic (exact) mass is 342 g/mol. The van der Waals surface area contributed by atoms with Gasteiger partial charge >= 0.3 is 0 Å². The van der Waals surface area contributed by atoms with Crippen molar-refractivity contribution in [2.75, 3.05) is 5.32 Å². The summed E-state index contributed by atoms with van der Waals surface area (Å²) >= 11 is 0. The van der Waals surface area contributed by atoms with Crippen LogP contribution in [0.15, 0.2) is 24.4 Å². The second kappa shape index (κ2) is 6.86. The first kappa shape index (κ1) is 17.5. The van der Waals surface area contributed by atoms with Crippen LogP contribution in [0.5, 0.6) is 0 Å². The first-order chi connectivity index (χ1) is 11.9. The first-order valence-corrected chi connectivity index (χ1v) is 8.76. The van der Waals surface area contributed by atoms with Crippen LogP contribution in [0, 0.1) is 6.92 Å². The predicted molar refractivity (Wildman–Crippen MR) is 97.0 cm³/mol. The molecule has 3 rings (SSSR count). The predicted octanol–water partition coefficient (Wildman–Crippen LogP) is 3.89. The second-order valence-electron chi connectivity index (χ2n) is 7.66. The van der Waals surface area contributed by atoms with Crippen molar-refractivity contribution in [1.82, 2.24) is 14.8 Å². The van der Waals surface area contributed by atoms with Crippen molar-refractivity contribution >= 4 is 18.0 Å². The zero-order valence-corrected chi connectivity index (χ0v) is 15.3. The number of anilines is 2. The molecule has 1 saturated carbocycles. The molecule has 6 nitrogen and oxygen atoms in total. The minimum Gasteiger partial charge on any atom is -0.465 e. The molecule has 25 heavy (non-hydrogen) atoms. The van der Waals surface area contributed by atoms with Crippen LogP contribution < -0.4 is 5.32 Å². The third-order valence-corrected chi connectivity index (χ3v) is 4.68. The standard InChI is InChI=1S/C19H26N4O2/c1-13-16(6-5-9-20-13)21-18-11-17(22-23(18)19(2,3)4)14-7-8-15(10-14)25-12-24/h5-6,9,11-12,14-15,21H,7-8,10H2,1-4H3. The van der Waals surface area contributed by atoms with Crippen LogP contribution in [-0.4, -0.2) is 27.3 Å². The highest BCUT2D eigenvalue weighted by atomic mass is 16.5. The molecule has 1 N–H and O–H groups in total. The molecule has 0 aliphatic heterocycles. The van der Waals surface area contributed by atoms with E-state index in [9.17, 15) is 4.79 Å². The maximum atomic E-state index is 10.6. The Hall–Kier alpha value is -2.37. The minimum atomic E-state index is -0.145. The quantitative estimate of drug-likeness (QED) is 0.835. The van der Waals surface area contributed by atoms with Gasteiger partial charge in [0, 0.05) is 18.2 Å². The normalized spacial score (nSPS) is 20.5. The third-order valence-electron chi connectivity index (χ3n) is 4.68. The highest BCUT2D eigenvalue weighted by Crippen LogP contribution is 2.37. The van der Waals surface area contributed by atoms with Gasteiger partial charge in [-0.05, 0) is 59.1 Å². The van der Waals surface area contributed by atoms with Gasteiger partial charge in [-0.25, -0.2) is 4.68 Å². The summed E-state index contributed by atoms with van der Waals surface area (Å²) in [6.07, 6.45) is 4.53. The molecular weight excluding hydrogens is 316 g/mol. The van der Waals surface area contributed by atoms with Gasteiger partial charge in [-0.3, -0.25) is 9.78 Å². The lowest BCUT2D eigenvalue weighted by Gasteiger charge is -2.23. The number of nitrogens with zero attached hydrogens (tertiary/aromatic N) is 3. The first-order valence-electron chi connectivity index (χ1n) is 8.76. The number of pyridine rings is 1. The summed E-state index contributed by atoms with van der Waals surface area (Å²) in [4.78, 5) is 14.9. The second-order valence-corrected chi connectivity index (χ2v) is 7.66. The Balaban J connectivity index is 1.88. The number of ether oxygens (including phenoxy) is 1. The molecule has 2 unspecified atom stereocenters. The van der Waals surface area contributed by atoms with E-state index < -0.39 is 0 Å². The largest absolute Gasteiger partial charge is 0.465 e. The lowest BCUT2D eigenvalue weighted by atomic mass is 10.0. The van der Waals surface area contributed by atoms with E-state index in [1.807, 2.05) is 23.7 Å². The van der Waals surface area contributed by atoms with Gasteiger partial charge in [0.25, 0.3) is 6.47 Å². The number of hydrogen-bond acceptors (Lipinski definition) is 5. The molecule has 1 aliphatic rings. The summed E-state index contributed by atoms with van der Waals surface area (Å²) in [5.41, 5.74) is 2.84. The summed E-state index contributed by atoms with van der Waals surface area (Å²) in [5.74, 6) is 1.28. The summed E-state index contributed by atoms with van der Waals surface area (Å²) in [5, 5.41) is 8.35. The fraction of sp³-hybridized carbons (Fsp3) is 0.526. The van der Waals surface area contributed by atoms with E-state index in [4.69, 9.17) is 9.84 Å². The number of nitrogens with one attached hydrogen (secondary N) is 1. The Morgan fingerprint density at radius 1 is 1.36 bits per heavy atom. The van der Waals surface area contributed by atoms with Gasteiger partial charge in [0.1, 0.15) is 11.9 Å². The van der Waals surface area contributed by atoms with Crippen molar-refractivity contribution in [2.24, 2.45) is 0 Å². The molecule has 0 spiro atoms. The molecule has 1 aliphatic carbocycles. The zero-order valence-electron chi connectivity index (χ0n) is 15.3. The summed E-state index contributed by atoms with van der Waals surface area (Å²) < 4.78 is 7.16. The SMILES string of the molecule is Cc1ncccc1Nc1cc(C2CCC(OC=O)C2)nn1C(C)(C)C. The maximum Gasteiger partial charge on any atom is 0.293 e. The average Bonchev–Trinajstić information content (AvgIpc) is 3.16. The Morgan fingerprint density at radius 3 is 2.84 bits per heavy atom. The highest BCUT2D eigenvalue weighted by Gasteiger charge is 2.30. The Morgan fingerprint density at radius 2 is 2.16 bits per heavy atom. The summed E-state index contributed by atoms with van der Waals surface area (Å²) in [6, 6.07) is 6.06. The van der Waals surface area contributed by atoms with Crippen LogP contribution in [0.1, 0.15) is 57.3 Å². The van der Waals surface area contributed by atoms with E-state index in [0.717, 1.165) is 42.2 Å². The lowest BCUT2D eigenvalue weighted by molar-refractivity contribution is -0.133. The maximum absolute atomic E-state index is 10.6. The number of carbonyl (C=O) groups is 1. The van der Waals surface area contributed by atoms with Crippen molar-refractivity contribution in [3.63, 3.8) is 0 Å². The van der Waals surface area contributed by atoms with Crippen molar-refractivity contribution < 1.29 is 9.53 Å². The Bertz CT molecular complexity index is 748. The van der Waals surface area contributed by atoms with Gasteiger partial charge in [-0.15, -0.1) is 0 Å². The Labute approximate surface area is 148 Å². The minimum absolute atomic E-state index is 0.0132. The molecule has 2 aromatic rings. The smallest absolute Gasteiger partial charge is 0.293 e. The fourth-order valence-electron chi connectivity index (χ4n) is 3.36. The molecule has 0 aromatic carbocycles. The lowest BCUT2D eigenvalue weighted by Crippen LogP contribution is -2.25. The van der Waals surface area contributed by atoms with Crippen LogP contribution in [0.4, 0.5) is 11.5 Å². The van der Waals surface area contributed by atoms with Crippen LogP contribution in [-0.2, 0) is 15.1 Å². The number of hydrogen-bond donors (Lipinski definition) is 1. The number of rotatable bonds is 5.